The molecule has 16 heavy (non-hydrogen) atoms. The number of carbonyl (C=O) groups is 1. The second-order valence-electron chi connectivity index (χ2n) is 3.91. The van der Waals surface area contributed by atoms with Gasteiger partial charge in [0.05, 0.1) is 7.11 Å². The Kier molecular flexibility index (Phi) is 3.40. The van der Waals surface area contributed by atoms with Crippen molar-refractivity contribution < 1.29 is 9.53 Å². The average molecular weight is 348 g/mol. The van der Waals surface area contributed by atoms with Gasteiger partial charge in [-0.05, 0) is 43.0 Å². The highest BCUT2D eigenvalue weighted by atomic mass is 79.9. The Labute approximate surface area is 112 Å². The molecule has 0 aliphatic heterocycles. The van der Waals surface area contributed by atoms with Crippen LogP contribution in [0.5, 0.6) is 5.75 Å². The summed E-state index contributed by atoms with van der Waals surface area (Å²) in [5.41, 5.74) is 1.86. The monoisotopic (exact) mass is 346 g/mol. The van der Waals surface area contributed by atoms with E-state index in [4.69, 9.17) is 4.74 Å². The molecule has 0 saturated heterocycles. The van der Waals surface area contributed by atoms with Gasteiger partial charge in [-0.25, -0.2) is 0 Å². The molecule has 0 N–H and O–H groups in total. The number of ether oxygens (including phenoxy) is 1. The maximum absolute atomic E-state index is 12.2. The number of rotatable bonds is 1. The van der Waals surface area contributed by atoms with Gasteiger partial charge in [0, 0.05) is 5.56 Å². The quantitative estimate of drug-likeness (QED) is 0.572. The zero-order valence-corrected chi connectivity index (χ0v) is 12.1. The van der Waals surface area contributed by atoms with E-state index < -0.39 is 3.23 Å². The summed E-state index contributed by atoms with van der Waals surface area (Å²) >= 11 is 6.90. The number of carbonyl (C=O) groups excluding carboxylic acids is 1. The van der Waals surface area contributed by atoms with E-state index in [-0.39, 0.29) is 5.78 Å². The summed E-state index contributed by atoms with van der Waals surface area (Å²) in [6.45, 7) is 0. The highest BCUT2D eigenvalue weighted by Gasteiger charge is 2.36. The summed E-state index contributed by atoms with van der Waals surface area (Å²) in [6, 6.07) is 5.63. The molecule has 2 rings (SSSR count). The zero-order valence-electron chi connectivity index (χ0n) is 8.93. The normalized spacial score (nSPS) is 18.8. The van der Waals surface area contributed by atoms with Gasteiger partial charge in [0.2, 0.25) is 0 Å². The fourth-order valence-corrected chi connectivity index (χ4v) is 2.92. The second-order valence-corrected chi connectivity index (χ2v) is 7.68. The van der Waals surface area contributed by atoms with Crippen molar-refractivity contribution in [2.24, 2.45) is 0 Å². The minimum absolute atomic E-state index is 0.0997. The Morgan fingerprint density at radius 3 is 2.81 bits per heavy atom. The Hall–Kier alpha value is -0.350. The van der Waals surface area contributed by atoms with Crippen molar-refractivity contribution in [1.29, 1.82) is 0 Å². The zero-order chi connectivity index (χ0) is 11.8. The maximum atomic E-state index is 12.2. The minimum Gasteiger partial charge on any atom is -0.497 e. The Bertz CT molecular complexity index is 427. The highest BCUT2D eigenvalue weighted by Crippen LogP contribution is 2.39. The lowest BCUT2D eigenvalue weighted by Crippen LogP contribution is -2.23. The Balaban J connectivity index is 2.48. The average Bonchev–Trinajstić information content (AvgIpc) is 2.37. The minimum atomic E-state index is -0.597. The largest absolute Gasteiger partial charge is 0.497 e. The number of ketones is 1. The summed E-state index contributed by atoms with van der Waals surface area (Å²) in [7, 11) is 1.64. The first-order valence-corrected chi connectivity index (χ1v) is 6.73. The van der Waals surface area contributed by atoms with E-state index in [9.17, 15) is 4.79 Å². The molecule has 4 heteroatoms. The van der Waals surface area contributed by atoms with Gasteiger partial charge in [-0.3, -0.25) is 4.79 Å². The van der Waals surface area contributed by atoms with Gasteiger partial charge in [0.15, 0.2) is 5.78 Å². The van der Waals surface area contributed by atoms with Crippen LogP contribution in [0.1, 0.15) is 28.8 Å². The van der Waals surface area contributed by atoms with Crippen molar-refractivity contribution in [3.8, 4) is 5.75 Å². The van der Waals surface area contributed by atoms with Crippen LogP contribution in [-0.2, 0) is 6.42 Å². The number of hydrogen-bond donors (Lipinski definition) is 0. The molecule has 0 fully saturated rings. The molecule has 1 aromatic rings. The van der Waals surface area contributed by atoms with Crippen LogP contribution in [0, 0.1) is 0 Å². The molecule has 0 atom stereocenters. The second kappa shape index (κ2) is 4.49. The Morgan fingerprint density at radius 1 is 1.38 bits per heavy atom. The van der Waals surface area contributed by atoms with E-state index in [2.05, 4.69) is 31.9 Å². The lowest BCUT2D eigenvalue weighted by molar-refractivity contribution is 0.0982. The number of benzene rings is 1. The number of hydrogen-bond acceptors (Lipinski definition) is 2. The van der Waals surface area contributed by atoms with E-state index in [0.29, 0.717) is 0 Å². The van der Waals surface area contributed by atoms with Crippen LogP contribution in [0.2, 0.25) is 0 Å². The maximum Gasteiger partial charge on any atom is 0.190 e. The van der Waals surface area contributed by atoms with E-state index >= 15 is 0 Å². The molecule has 0 radical (unpaired) electrons. The van der Waals surface area contributed by atoms with Crippen LogP contribution >= 0.6 is 31.9 Å². The predicted molar refractivity (Wildman–Crippen MR) is 70.8 cm³/mol. The molecule has 86 valence electrons. The molecule has 0 unspecified atom stereocenters. The lowest BCUT2D eigenvalue weighted by atomic mass is 10.0. The van der Waals surface area contributed by atoms with Gasteiger partial charge in [0.25, 0.3) is 0 Å². The molecule has 0 spiro atoms. The van der Waals surface area contributed by atoms with Crippen LogP contribution < -0.4 is 4.74 Å². The van der Waals surface area contributed by atoms with Gasteiger partial charge in [-0.2, -0.15) is 0 Å². The van der Waals surface area contributed by atoms with Gasteiger partial charge in [-0.15, -0.1) is 0 Å². The van der Waals surface area contributed by atoms with Crippen LogP contribution in [-0.4, -0.2) is 16.1 Å². The number of aryl methyl sites for hydroxylation is 1. The number of Topliss-reactive ketones (excluding diaryl/α,β-unsaturated/α-hetero) is 1. The summed E-state index contributed by atoms with van der Waals surface area (Å²) in [5.74, 6) is 0.908. The van der Waals surface area contributed by atoms with Gasteiger partial charge in [-0.1, -0.05) is 31.9 Å². The standard InChI is InChI=1S/C12H12Br2O2/c1-16-9-4-5-10-8(7-9)3-2-6-12(13,14)11(10)15/h4-5,7H,2-3,6H2,1H3. The topological polar surface area (TPSA) is 26.3 Å². The summed E-state index contributed by atoms with van der Waals surface area (Å²) in [6.07, 6.45) is 2.68. The lowest BCUT2D eigenvalue weighted by Gasteiger charge is -2.16. The predicted octanol–water partition coefficient (Wildman–Crippen LogP) is 3.70. The number of alkyl halides is 2. The van der Waals surface area contributed by atoms with Crippen molar-refractivity contribution in [2.75, 3.05) is 7.11 Å². The van der Waals surface area contributed by atoms with Crippen molar-refractivity contribution in [3.63, 3.8) is 0 Å². The summed E-state index contributed by atoms with van der Waals surface area (Å²) < 4.78 is 4.58. The van der Waals surface area contributed by atoms with Crippen molar-refractivity contribution in [2.45, 2.75) is 22.5 Å². The third-order valence-electron chi connectivity index (χ3n) is 2.83. The fraction of sp³-hybridized carbons (Fsp3) is 0.417. The van der Waals surface area contributed by atoms with Gasteiger partial charge >= 0.3 is 0 Å². The van der Waals surface area contributed by atoms with E-state index in [1.807, 2.05) is 18.2 Å². The van der Waals surface area contributed by atoms with Crippen molar-refractivity contribution in [3.05, 3.63) is 29.3 Å². The molecular weight excluding hydrogens is 336 g/mol. The summed E-state index contributed by atoms with van der Waals surface area (Å²) in [5, 5.41) is 0. The molecule has 0 saturated carbocycles. The van der Waals surface area contributed by atoms with E-state index in [1.165, 1.54) is 0 Å². The summed E-state index contributed by atoms with van der Waals surface area (Å²) in [4.78, 5) is 12.2. The third kappa shape index (κ3) is 2.18. The molecule has 1 aromatic carbocycles. The first-order chi connectivity index (χ1) is 7.54. The van der Waals surface area contributed by atoms with Crippen LogP contribution in [0.15, 0.2) is 18.2 Å². The molecule has 1 aliphatic rings. The molecule has 0 heterocycles. The number of halogens is 2. The Morgan fingerprint density at radius 2 is 2.12 bits per heavy atom. The number of methoxy groups -OCH3 is 1. The molecular formula is C12H12Br2O2. The van der Waals surface area contributed by atoms with Crippen LogP contribution in [0.4, 0.5) is 0 Å². The van der Waals surface area contributed by atoms with E-state index in [0.717, 1.165) is 36.1 Å². The van der Waals surface area contributed by atoms with Gasteiger partial charge in [0.1, 0.15) is 8.98 Å². The van der Waals surface area contributed by atoms with E-state index in [1.54, 1.807) is 7.11 Å². The molecule has 0 aromatic heterocycles. The number of fused-ring (bicyclic) bond motifs is 1. The van der Waals surface area contributed by atoms with Crippen LogP contribution in [0.25, 0.3) is 0 Å². The first-order valence-electron chi connectivity index (χ1n) is 5.14. The van der Waals surface area contributed by atoms with Crippen molar-refractivity contribution >= 4 is 37.6 Å². The van der Waals surface area contributed by atoms with Gasteiger partial charge < -0.3 is 4.74 Å². The molecule has 0 bridgehead atoms. The highest BCUT2D eigenvalue weighted by molar-refractivity contribution is 9.25. The molecule has 2 nitrogen and oxygen atoms in total. The van der Waals surface area contributed by atoms with Crippen LogP contribution in [0.3, 0.4) is 0 Å². The smallest absolute Gasteiger partial charge is 0.190 e. The first kappa shape index (κ1) is 12.1. The SMILES string of the molecule is COc1ccc2c(c1)CCCC(Br)(Br)C2=O. The fourth-order valence-electron chi connectivity index (χ4n) is 1.94. The third-order valence-corrected chi connectivity index (χ3v) is 4.34. The molecule has 0 amide bonds. The molecule has 1 aliphatic carbocycles. The van der Waals surface area contributed by atoms with Crippen molar-refractivity contribution in [1.82, 2.24) is 0 Å².